The average molecular weight is 669 g/mol. The Morgan fingerprint density at radius 3 is 2.17 bits per heavy atom. The van der Waals surface area contributed by atoms with Gasteiger partial charge in [-0.1, -0.05) is 46.2 Å². The first-order chi connectivity index (χ1) is 21.1. The summed E-state index contributed by atoms with van der Waals surface area (Å²) in [6.45, 7) is 8.69. The van der Waals surface area contributed by atoms with Gasteiger partial charge in [-0.25, -0.2) is 0 Å². The molecule has 4 rings (SSSR count). The third-order valence-electron chi connectivity index (χ3n) is 10.6. The van der Waals surface area contributed by atoms with E-state index in [1.807, 2.05) is 34.7 Å². The number of nitrogens with zero attached hydrogens (tertiary/aromatic N) is 1. The molecule has 0 bridgehead atoms. The van der Waals surface area contributed by atoms with Crippen molar-refractivity contribution in [3.8, 4) is 0 Å². The molecule has 1 aromatic carbocycles. The second-order valence-electron chi connectivity index (χ2n) is 13.8. The molecule has 250 valence electrons. The van der Waals surface area contributed by atoms with E-state index in [0.717, 1.165) is 44.9 Å². The van der Waals surface area contributed by atoms with Crippen LogP contribution in [-0.2, 0) is 30.4 Å². The van der Waals surface area contributed by atoms with Gasteiger partial charge in [0.25, 0.3) is 0 Å². The smallest absolute Gasteiger partial charge is 0.548 e. The topological polar surface area (TPSA) is 148 Å². The third kappa shape index (κ3) is 9.56. The van der Waals surface area contributed by atoms with Gasteiger partial charge in [-0.05, 0) is 87.6 Å². The number of nitrogens with one attached hydrogen (secondary N) is 3. The number of carbonyl (C=O) groups excluding carboxylic acids is 5. The van der Waals surface area contributed by atoms with Gasteiger partial charge in [0, 0.05) is 29.4 Å². The van der Waals surface area contributed by atoms with Crippen LogP contribution in [0.4, 0.5) is 5.69 Å². The minimum atomic E-state index is -1.37. The van der Waals surface area contributed by atoms with Gasteiger partial charge in [-0.2, -0.15) is 0 Å². The number of carboxylic acid groups (broad SMARTS) is 1. The zero-order valence-corrected chi connectivity index (χ0v) is 31.2. The maximum atomic E-state index is 13.0. The van der Waals surface area contributed by atoms with Crippen LogP contribution in [0.15, 0.2) is 24.3 Å². The molecule has 10 nitrogen and oxygen atoms in total. The van der Waals surface area contributed by atoms with Crippen LogP contribution in [0.1, 0.15) is 78.2 Å². The number of aldehydes is 1. The summed E-state index contributed by atoms with van der Waals surface area (Å²) in [4.78, 5) is 62.3. The molecule has 1 saturated heterocycles. The number of hydrogen-bond donors (Lipinski definition) is 3. The zero-order valence-electron chi connectivity index (χ0n) is 28.5. The summed E-state index contributed by atoms with van der Waals surface area (Å²) in [6.07, 6.45) is 7.03. The van der Waals surface area contributed by atoms with E-state index in [-0.39, 0.29) is 77.0 Å². The number of rotatable bonds is 9. The summed E-state index contributed by atoms with van der Waals surface area (Å²) < 4.78 is 0. The van der Waals surface area contributed by atoms with Gasteiger partial charge >= 0.3 is 29.6 Å². The van der Waals surface area contributed by atoms with E-state index in [1.165, 1.54) is 0 Å². The number of halogens is 1. The van der Waals surface area contributed by atoms with E-state index >= 15 is 0 Å². The first kappa shape index (κ1) is 40.2. The van der Waals surface area contributed by atoms with Crippen molar-refractivity contribution in [1.29, 1.82) is 0 Å². The standard InChI is InChI=1S/C27H37ClN2O5.C7H14N2O.Na/c1-16-6-5-7-20(28)22(16)24(33)29-18-10-8-17(9-11-18)14-21(25(34)35)30-23(32)19-12-13-27(4,15-31)26(19,2)3;1-8-7(10)6-4-3-5-9(6)2;/h8-11,15-16,19-22H,5-7,12-14H2,1-4H3,(H,29,33)(H,30,32)(H,34,35);6H,3-5H2,1-2H3,(H,8,10);/q;;+1/p-1/t16?,19-,20?,21+,22?,27+;6-;/m10./s1. The molecular weight excluding hydrogens is 619 g/mol. The zero-order chi connectivity index (χ0) is 33.5. The summed E-state index contributed by atoms with van der Waals surface area (Å²) >= 11 is 6.41. The molecule has 1 aromatic rings. The van der Waals surface area contributed by atoms with Crippen molar-refractivity contribution in [2.75, 3.05) is 26.0 Å². The summed E-state index contributed by atoms with van der Waals surface area (Å²) in [5.41, 5.74) is 0.0653. The summed E-state index contributed by atoms with van der Waals surface area (Å²) in [5.74, 6) is -2.20. The summed E-state index contributed by atoms with van der Waals surface area (Å²) in [6, 6.07) is 5.81. The molecule has 0 spiro atoms. The van der Waals surface area contributed by atoms with Gasteiger partial charge in [0.15, 0.2) is 0 Å². The molecule has 46 heavy (non-hydrogen) atoms. The van der Waals surface area contributed by atoms with Crippen LogP contribution in [0.5, 0.6) is 0 Å². The maximum absolute atomic E-state index is 13.0. The maximum Gasteiger partial charge on any atom is 1.00 e. The van der Waals surface area contributed by atoms with E-state index < -0.39 is 28.8 Å². The van der Waals surface area contributed by atoms with E-state index in [4.69, 9.17) is 11.6 Å². The molecule has 7 atom stereocenters. The minimum absolute atomic E-state index is 0. The Labute approximate surface area is 300 Å². The molecule has 3 N–H and O–H groups in total. The Bertz CT molecular complexity index is 1220. The van der Waals surface area contributed by atoms with E-state index in [0.29, 0.717) is 24.1 Å². The Hall–Kier alpha value is -1.98. The predicted molar refractivity (Wildman–Crippen MR) is 172 cm³/mol. The molecular formula is C34H50ClN4NaO6. The molecule has 1 heterocycles. The van der Waals surface area contributed by atoms with Crippen molar-refractivity contribution < 1.29 is 58.6 Å². The molecule has 3 fully saturated rings. The van der Waals surface area contributed by atoms with Gasteiger partial charge < -0.3 is 30.6 Å². The van der Waals surface area contributed by atoms with Crippen LogP contribution in [0.2, 0.25) is 0 Å². The predicted octanol–water partition coefficient (Wildman–Crippen LogP) is -0.0821. The fraction of sp³-hybridized carbons (Fsp3) is 0.676. The van der Waals surface area contributed by atoms with Gasteiger partial charge in [0.1, 0.15) is 6.29 Å². The number of benzene rings is 1. The van der Waals surface area contributed by atoms with Crippen molar-refractivity contribution >= 4 is 47.3 Å². The second-order valence-corrected chi connectivity index (χ2v) is 14.4. The third-order valence-corrected chi connectivity index (χ3v) is 11.1. The van der Waals surface area contributed by atoms with Crippen molar-refractivity contribution in [3.05, 3.63) is 29.8 Å². The Morgan fingerprint density at radius 1 is 1.02 bits per heavy atom. The van der Waals surface area contributed by atoms with Gasteiger partial charge in [0.2, 0.25) is 17.7 Å². The molecule has 0 radical (unpaired) electrons. The summed E-state index contributed by atoms with van der Waals surface area (Å²) in [5, 5.41) is 19.8. The van der Waals surface area contributed by atoms with Crippen LogP contribution in [0.3, 0.4) is 0 Å². The molecule has 2 aliphatic carbocycles. The average Bonchev–Trinajstić information content (AvgIpc) is 3.52. The number of anilines is 1. The van der Waals surface area contributed by atoms with Gasteiger partial charge in [-0.3, -0.25) is 19.3 Å². The van der Waals surface area contributed by atoms with Crippen molar-refractivity contribution in [2.45, 2.75) is 96.5 Å². The van der Waals surface area contributed by atoms with Crippen molar-refractivity contribution in [1.82, 2.24) is 15.5 Å². The van der Waals surface area contributed by atoms with E-state index in [2.05, 4.69) is 20.9 Å². The van der Waals surface area contributed by atoms with Gasteiger partial charge in [0.05, 0.1) is 24.0 Å². The number of likely N-dealkylation sites (tertiary alicyclic amines) is 1. The molecule has 0 aromatic heterocycles. The molecule has 2 saturated carbocycles. The quantitative estimate of drug-likeness (QED) is 0.189. The van der Waals surface area contributed by atoms with Crippen LogP contribution < -0.4 is 50.6 Å². The second kappa shape index (κ2) is 17.4. The first-order valence-electron chi connectivity index (χ1n) is 16.1. The van der Waals surface area contributed by atoms with Crippen LogP contribution in [-0.4, -0.2) is 73.0 Å². The van der Waals surface area contributed by atoms with Crippen molar-refractivity contribution in [3.63, 3.8) is 0 Å². The van der Waals surface area contributed by atoms with E-state index in [1.54, 1.807) is 31.3 Å². The van der Waals surface area contributed by atoms with Crippen LogP contribution in [0.25, 0.3) is 0 Å². The number of hydrogen-bond acceptors (Lipinski definition) is 7. The Kier molecular flexibility index (Phi) is 15.2. The Balaban J connectivity index is 0.000000570. The van der Waals surface area contributed by atoms with Crippen LogP contribution >= 0.6 is 11.6 Å². The molecule has 1 aliphatic heterocycles. The molecule has 3 unspecified atom stereocenters. The number of amides is 3. The normalized spacial score (nSPS) is 29.2. The molecule has 3 amide bonds. The van der Waals surface area contributed by atoms with Gasteiger partial charge in [-0.15, -0.1) is 11.6 Å². The van der Waals surface area contributed by atoms with Crippen molar-refractivity contribution in [2.24, 2.45) is 28.6 Å². The largest absolute Gasteiger partial charge is 1.00 e. The number of likely N-dealkylation sites (N-methyl/N-ethyl adjacent to an activating group) is 2. The minimum Gasteiger partial charge on any atom is -0.548 e. The number of alkyl halides is 1. The molecule has 3 aliphatic rings. The fourth-order valence-electron chi connectivity index (χ4n) is 7.03. The first-order valence-corrected chi connectivity index (χ1v) is 16.5. The number of aliphatic carboxylic acids is 1. The Morgan fingerprint density at radius 2 is 1.67 bits per heavy atom. The number of carbonyl (C=O) groups is 5. The fourth-order valence-corrected chi connectivity index (χ4v) is 7.54. The SMILES string of the molecule is CC1CCCC(Cl)C1C(=O)Nc1ccc(C[C@H](NC(=O)[C@H]2CC[C@@](C)(C=O)C2(C)C)C(=O)[O-])cc1.CNC(=O)[C@@H]1CCCN1C.[Na+]. The monoisotopic (exact) mass is 668 g/mol. The summed E-state index contributed by atoms with van der Waals surface area (Å²) in [7, 11) is 3.68. The van der Waals surface area contributed by atoms with E-state index in [9.17, 15) is 29.1 Å². The van der Waals surface area contributed by atoms with Crippen LogP contribution in [0, 0.1) is 28.6 Å². The number of carboxylic acids is 1. The molecule has 12 heteroatoms.